The van der Waals surface area contributed by atoms with Crippen LogP contribution in [0.1, 0.15) is 30.3 Å². The average molecular weight is 273 g/mol. The number of carbonyl (C=O) groups excluding carboxylic acids is 1. The Balaban J connectivity index is 1.94. The second kappa shape index (κ2) is 4.63. The van der Waals surface area contributed by atoms with Gasteiger partial charge in [-0.25, -0.2) is 9.78 Å². The van der Waals surface area contributed by atoms with Crippen LogP contribution in [-0.2, 0) is 4.79 Å². The number of imidazole rings is 1. The van der Waals surface area contributed by atoms with Gasteiger partial charge in [-0.2, -0.15) is 0 Å². The van der Waals surface area contributed by atoms with E-state index in [0.717, 1.165) is 12.8 Å². The molecule has 0 aromatic carbocycles. The Hall–Kier alpha value is -2.37. The minimum absolute atomic E-state index is 0.0263. The van der Waals surface area contributed by atoms with Crippen LogP contribution < -0.4 is 0 Å². The van der Waals surface area contributed by atoms with Gasteiger partial charge in [-0.1, -0.05) is 6.07 Å². The van der Waals surface area contributed by atoms with E-state index in [2.05, 4.69) is 4.98 Å². The maximum atomic E-state index is 12.5. The Morgan fingerprint density at radius 3 is 2.80 bits per heavy atom. The molecule has 6 heteroatoms. The summed E-state index contributed by atoms with van der Waals surface area (Å²) in [6.45, 7) is 1.54. The lowest BCUT2D eigenvalue weighted by Crippen LogP contribution is -2.44. The van der Waals surface area contributed by atoms with Gasteiger partial charge in [0.05, 0.1) is 0 Å². The molecule has 1 fully saturated rings. The summed E-state index contributed by atoms with van der Waals surface area (Å²) in [4.78, 5) is 29.4. The van der Waals surface area contributed by atoms with Gasteiger partial charge in [-0.15, -0.1) is 0 Å². The first kappa shape index (κ1) is 12.7. The molecule has 6 nitrogen and oxygen atoms in total. The predicted octanol–water partition coefficient (Wildman–Crippen LogP) is 1.41. The van der Waals surface area contributed by atoms with Crippen molar-refractivity contribution < 1.29 is 14.7 Å². The molecule has 3 rings (SSSR count). The van der Waals surface area contributed by atoms with E-state index in [0.29, 0.717) is 5.65 Å². The molecule has 1 N–H and O–H groups in total. The van der Waals surface area contributed by atoms with Gasteiger partial charge in [0.2, 0.25) is 0 Å². The highest BCUT2D eigenvalue weighted by Crippen LogP contribution is 2.30. The smallest absolute Gasteiger partial charge is 0.326 e. The summed E-state index contributed by atoms with van der Waals surface area (Å²) < 4.78 is 1.75. The van der Waals surface area contributed by atoms with E-state index in [4.69, 9.17) is 5.11 Å². The molecule has 0 bridgehead atoms. The zero-order valence-electron chi connectivity index (χ0n) is 11.1. The number of aromatic nitrogens is 2. The first-order chi connectivity index (χ1) is 9.58. The molecular formula is C14H15N3O3. The van der Waals surface area contributed by atoms with Crippen LogP contribution in [0.15, 0.2) is 30.6 Å². The highest BCUT2D eigenvalue weighted by molar-refractivity contribution is 5.95. The number of nitrogens with zero attached hydrogens (tertiary/aromatic N) is 3. The summed E-state index contributed by atoms with van der Waals surface area (Å²) in [6.07, 6.45) is 5.16. The van der Waals surface area contributed by atoms with Gasteiger partial charge in [-0.3, -0.25) is 4.79 Å². The fraction of sp³-hybridized carbons (Fsp3) is 0.357. The van der Waals surface area contributed by atoms with Gasteiger partial charge in [0.25, 0.3) is 5.91 Å². The van der Waals surface area contributed by atoms with Crippen molar-refractivity contribution >= 4 is 17.5 Å². The molecule has 1 aliphatic rings. The van der Waals surface area contributed by atoms with Crippen LogP contribution in [0.2, 0.25) is 0 Å². The highest BCUT2D eigenvalue weighted by atomic mass is 16.4. The van der Waals surface area contributed by atoms with Crippen molar-refractivity contribution in [3.63, 3.8) is 0 Å². The van der Waals surface area contributed by atoms with Crippen LogP contribution in [-0.4, -0.2) is 43.4 Å². The number of carboxylic acid groups (broad SMARTS) is 1. The summed E-state index contributed by atoms with van der Waals surface area (Å²) in [7, 11) is 0. The third-order valence-electron chi connectivity index (χ3n) is 3.53. The van der Waals surface area contributed by atoms with E-state index >= 15 is 0 Å². The van der Waals surface area contributed by atoms with Crippen molar-refractivity contribution in [2.75, 3.05) is 0 Å². The molecule has 0 aliphatic heterocycles. The molecule has 0 saturated heterocycles. The maximum Gasteiger partial charge on any atom is 0.326 e. The van der Waals surface area contributed by atoms with Gasteiger partial charge in [0.1, 0.15) is 17.4 Å². The van der Waals surface area contributed by atoms with E-state index in [-0.39, 0.29) is 17.6 Å². The molecule has 1 saturated carbocycles. The number of carboxylic acids is 1. The largest absolute Gasteiger partial charge is 0.480 e. The number of fused-ring (bicyclic) bond motifs is 1. The average Bonchev–Trinajstić information content (AvgIpc) is 3.16. The van der Waals surface area contributed by atoms with Gasteiger partial charge in [-0.05, 0) is 31.9 Å². The number of hydrogen-bond donors (Lipinski definition) is 1. The summed E-state index contributed by atoms with van der Waals surface area (Å²) >= 11 is 0. The quantitative estimate of drug-likeness (QED) is 0.914. The molecule has 1 aliphatic carbocycles. The molecule has 2 aromatic rings. The molecule has 20 heavy (non-hydrogen) atoms. The third-order valence-corrected chi connectivity index (χ3v) is 3.53. The molecule has 104 valence electrons. The Morgan fingerprint density at radius 1 is 1.45 bits per heavy atom. The number of aliphatic carboxylic acids is 1. The molecule has 1 atom stereocenters. The van der Waals surface area contributed by atoms with E-state index in [1.54, 1.807) is 22.9 Å². The van der Waals surface area contributed by atoms with E-state index in [1.165, 1.54) is 11.8 Å². The van der Waals surface area contributed by atoms with Crippen molar-refractivity contribution in [1.29, 1.82) is 0 Å². The second-order valence-corrected chi connectivity index (χ2v) is 5.05. The van der Waals surface area contributed by atoms with Gasteiger partial charge >= 0.3 is 5.97 Å². The van der Waals surface area contributed by atoms with Gasteiger partial charge < -0.3 is 14.4 Å². The number of pyridine rings is 1. The number of rotatable bonds is 4. The lowest BCUT2D eigenvalue weighted by atomic mass is 10.2. The first-order valence-corrected chi connectivity index (χ1v) is 6.57. The lowest BCUT2D eigenvalue weighted by Gasteiger charge is -2.25. The topological polar surface area (TPSA) is 74.9 Å². The molecule has 1 amide bonds. The Morgan fingerprint density at radius 2 is 2.20 bits per heavy atom. The summed E-state index contributed by atoms with van der Waals surface area (Å²) in [5.41, 5.74) is 0.964. The Bertz CT molecular complexity index is 642. The van der Waals surface area contributed by atoms with Crippen LogP contribution in [0, 0.1) is 0 Å². The number of amides is 1. The molecular weight excluding hydrogens is 258 g/mol. The van der Waals surface area contributed by atoms with E-state index in [1.807, 2.05) is 12.1 Å². The summed E-state index contributed by atoms with van der Waals surface area (Å²) in [5, 5.41) is 9.15. The van der Waals surface area contributed by atoms with E-state index in [9.17, 15) is 9.59 Å². The minimum Gasteiger partial charge on any atom is -0.480 e. The fourth-order valence-corrected chi connectivity index (χ4v) is 2.30. The Labute approximate surface area is 115 Å². The lowest BCUT2D eigenvalue weighted by molar-refractivity contribution is -0.141. The summed E-state index contributed by atoms with van der Waals surface area (Å²) in [6, 6.07) is 4.69. The molecule has 2 heterocycles. The maximum absolute atomic E-state index is 12.5. The van der Waals surface area contributed by atoms with Crippen LogP contribution >= 0.6 is 0 Å². The molecule has 0 spiro atoms. The zero-order chi connectivity index (χ0) is 14.3. The van der Waals surface area contributed by atoms with E-state index < -0.39 is 12.0 Å². The number of carbonyl (C=O) groups is 2. The molecule has 0 radical (unpaired) electrons. The van der Waals surface area contributed by atoms with Crippen molar-refractivity contribution in [1.82, 2.24) is 14.3 Å². The highest BCUT2D eigenvalue weighted by Gasteiger charge is 2.39. The monoisotopic (exact) mass is 273 g/mol. The predicted molar refractivity (Wildman–Crippen MR) is 71.5 cm³/mol. The molecule has 2 aromatic heterocycles. The first-order valence-electron chi connectivity index (χ1n) is 6.57. The van der Waals surface area contributed by atoms with Gasteiger partial charge in [0, 0.05) is 18.4 Å². The van der Waals surface area contributed by atoms with Crippen LogP contribution in [0.4, 0.5) is 0 Å². The minimum atomic E-state index is -0.992. The fourth-order valence-electron chi connectivity index (χ4n) is 2.30. The van der Waals surface area contributed by atoms with Crippen molar-refractivity contribution in [2.45, 2.75) is 31.8 Å². The van der Waals surface area contributed by atoms with Crippen molar-refractivity contribution in [2.24, 2.45) is 0 Å². The second-order valence-electron chi connectivity index (χ2n) is 5.05. The Kier molecular flexibility index (Phi) is 2.93. The van der Waals surface area contributed by atoms with Crippen LogP contribution in [0.25, 0.3) is 5.65 Å². The zero-order valence-corrected chi connectivity index (χ0v) is 11.1. The van der Waals surface area contributed by atoms with Crippen LogP contribution in [0.5, 0.6) is 0 Å². The normalized spacial score (nSPS) is 16.1. The SMILES string of the molecule is CC(C(=O)O)N(C(=O)c1cn2ccccc2n1)C1CC1. The van der Waals surface area contributed by atoms with Crippen molar-refractivity contribution in [3.8, 4) is 0 Å². The van der Waals surface area contributed by atoms with Crippen LogP contribution in [0.3, 0.4) is 0 Å². The molecule has 1 unspecified atom stereocenters. The third kappa shape index (κ3) is 2.13. The van der Waals surface area contributed by atoms with Gasteiger partial charge in [0.15, 0.2) is 0 Å². The standard InChI is InChI=1S/C14H15N3O3/c1-9(14(19)20)17(10-5-6-10)13(18)11-8-16-7-3-2-4-12(16)15-11/h2-4,7-10H,5-6H2,1H3,(H,19,20). The van der Waals surface area contributed by atoms with Crippen molar-refractivity contribution in [3.05, 3.63) is 36.3 Å². The number of hydrogen-bond acceptors (Lipinski definition) is 3. The summed E-state index contributed by atoms with van der Waals surface area (Å²) in [5.74, 6) is -1.31.